The number of piperidine rings is 1. The zero-order valence-electron chi connectivity index (χ0n) is 12.2. The van der Waals surface area contributed by atoms with Gasteiger partial charge in [-0.05, 0) is 24.5 Å². The zero-order chi connectivity index (χ0) is 14.7. The number of imide groups is 1. The van der Waals surface area contributed by atoms with Crippen molar-refractivity contribution < 1.29 is 14.3 Å². The van der Waals surface area contributed by atoms with Gasteiger partial charge in [-0.25, -0.2) is 0 Å². The van der Waals surface area contributed by atoms with Crippen LogP contribution < -0.4 is 0 Å². The van der Waals surface area contributed by atoms with E-state index in [1.54, 1.807) is 7.05 Å². The van der Waals surface area contributed by atoms with Crippen molar-refractivity contribution in [3.63, 3.8) is 0 Å². The molecule has 5 heteroatoms. The summed E-state index contributed by atoms with van der Waals surface area (Å²) in [5.41, 5.74) is 3.70. The van der Waals surface area contributed by atoms with Gasteiger partial charge in [-0.15, -0.1) is 0 Å². The lowest BCUT2D eigenvalue weighted by atomic mass is 9.94. The molecule has 2 saturated heterocycles. The molecular formula is C16H18N2O3. The van der Waals surface area contributed by atoms with Gasteiger partial charge in [0.2, 0.25) is 11.8 Å². The van der Waals surface area contributed by atoms with Crippen LogP contribution in [0.2, 0.25) is 0 Å². The first kappa shape index (κ1) is 13.0. The zero-order valence-corrected chi connectivity index (χ0v) is 12.2. The van der Waals surface area contributed by atoms with E-state index in [4.69, 9.17) is 4.74 Å². The number of likely N-dealkylation sites (N-methyl/N-ethyl adjacent to an activating group) is 1. The Morgan fingerprint density at radius 2 is 2.10 bits per heavy atom. The molecule has 21 heavy (non-hydrogen) atoms. The number of rotatable bonds is 1. The molecule has 3 aliphatic heterocycles. The van der Waals surface area contributed by atoms with E-state index >= 15 is 0 Å². The van der Waals surface area contributed by atoms with E-state index in [1.807, 2.05) is 0 Å². The van der Waals surface area contributed by atoms with E-state index in [9.17, 15) is 9.59 Å². The van der Waals surface area contributed by atoms with Gasteiger partial charge in [-0.2, -0.15) is 0 Å². The van der Waals surface area contributed by atoms with Crippen LogP contribution in [-0.4, -0.2) is 40.9 Å². The first-order valence-electron chi connectivity index (χ1n) is 7.37. The van der Waals surface area contributed by atoms with Crippen molar-refractivity contribution in [3.8, 4) is 0 Å². The summed E-state index contributed by atoms with van der Waals surface area (Å²) >= 11 is 0. The summed E-state index contributed by atoms with van der Waals surface area (Å²) < 4.78 is 5.79. The number of benzene rings is 1. The molecule has 3 unspecified atom stereocenters. The maximum atomic E-state index is 12.4. The monoisotopic (exact) mass is 286 g/mol. The van der Waals surface area contributed by atoms with Gasteiger partial charge >= 0.3 is 0 Å². The predicted octanol–water partition coefficient (Wildman–Crippen LogP) is 1.36. The molecule has 0 N–H and O–H groups in total. The van der Waals surface area contributed by atoms with Crippen LogP contribution in [-0.2, 0) is 20.9 Å². The lowest BCUT2D eigenvalue weighted by Gasteiger charge is -2.37. The molecule has 2 amide bonds. The van der Waals surface area contributed by atoms with E-state index < -0.39 is 0 Å². The maximum Gasteiger partial charge on any atom is 0.246 e. The fraction of sp³-hybridized carbons (Fsp3) is 0.500. The largest absolute Gasteiger partial charge is 0.348 e. The summed E-state index contributed by atoms with van der Waals surface area (Å²) in [6.45, 7) is 2.79. The molecule has 110 valence electrons. The minimum Gasteiger partial charge on any atom is -0.348 e. The minimum atomic E-state index is -0.239. The number of hydrogen-bond acceptors (Lipinski definition) is 4. The summed E-state index contributed by atoms with van der Waals surface area (Å²) in [4.78, 5) is 27.4. The second kappa shape index (κ2) is 4.39. The van der Waals surface area contributed by atoms with Crippen molar-refractivity contribution in [2.24, 2.45) is 0 Å². The number of nitrogens with zero attached hydrogens (tertiary/aromatic N) is 2. The van der Waals surface area contributed by atoms with Crippen LogP contribution in [0.3, 0.4) is 0 Å². The van der Waals surface area contributed by atoms with Crippen molar-refractivity contribution in [2.75, 3.05) is 7.05 Å². The average molecular weight is 286 g/mol. The Labute approximate surface area is 123 Å². The number of amides is 2. The van der Waals surface area contributed by atoms with Gasteiger partial charge in [0.1, 0.15) is 12.3 Å². The van der Waals surface area contributed by atoms with Crippen LogP contribution in [0.5, 0.6) is 0 Å². The van der Waals surface area contributed by atoms with Crippen molar-refractivity contribution >= 4 is 11.8 Å². The maximum absolute atomic E-state index is 12.4. The van der Waals surface area contributed by atoms with Crippen LogP contribution in [0.15, 0.2) is 18.2 Å². The Morgan fingerprint density at radius 1 is 1.29 bits per heavy atom. The Balaban J connectivity index is 1.63. The molecule has 3 aliphatic rings. The molecule has 4 rings (SSSR count). The van der Waals surface area contributed by atoms with Gasteiger partial charge in [-0.1, -0.05) is 23.8 Å². The van der Waals surface area contributed by atoms with E-state index in [0.29, 0.717) is 12.8 Å². The van der Waals surface area contributed by atoms with Gasteiger partial charge in [-0.3, -0.25) is 19.4 Å². The Morgan fingerprint density at radius 3 is 2.90 bits per heavy atom. The van der Waals surface area contributed by atoms with Gasteiger partial charge in [0, 0.05) is 20.0 Å². The van der Waals surface area contributed by atoms with Gasteiger partial charge in [0.05, 0.1) is 6.04 Å². The fourth-order valence-electron chi connectivity index (χ4n) is 3.51. The first-order chi connectivity index (χ1) is 10.1. The highest BCUT2D eigenvalue weighted by molar-refractivity contribution is 6.00. The van der Waals surface area contributed by atoms with Crippen molar-refractivity contribution in [1.29, 1.82) is 0 Å². The Bertz CT molecular complexity index is 642. The van der Waals surface area contributed by atoms with Crippen molar-refractivity contribution in [1.82, 2.24) is 9.80 Å². The molecule has 0 spiro atoms. The van der Waals surface area contributed by atoms with Crippen LogP contribution in [0.25, 0.3) is 0 Å². The normalized spacial score (nSPS) is 31.9. The number of hydrogen-bond donors (Lipinski definition) is 0. The van der Waals surface area contributed by atoms with Gasteiger partial charge < -0.3 is 4.74 Å². The number of epoxide rings is 1. The lowest BCUT2D eigenvalue weighted by molar-refractivity contribution is -0.152. The molecule has 5 nitrogen and oxygen atoms in total. The molecule has 0 radical (unpaired) electrons. The molecule has 1 aromatic carbocycles. The number of aryl methyl sites for hydroxylation is 1. The number of carbonyl (C=O) groups is 2. The number of ether oxygens (including phenoxy) is 1. The molecule has 0 aromatic heterocycles. The number of fused-ring (bicyclic) bond motifs is 3. The predicted molar refractivity (Wildman–Crippen MR) is 75.1 cm³/mol. The molecular weight excluding hydrogens is 268 g/mol. The smallest absolute Gasteiger partial charge is 0.246 e. The first-order valence-corrected chi connectivity index (χ1v) is 7.37. The molecule has 3 heterocycles. The SMILES string of the molecule is Cc1ccc2c(c1)CN(C1CCC(=O)N(C)C1=O)C1OC21. The van der Waals surface area contributed by atoms with Gasteiger partial charge in [0.15, 0.2) is 0 Å². The quantitative estimate of drug-likeness (QED) is 0.578. The molecule has 0 bridgehead atoms. The third kappa shape index (κ3) is 1.92. The molecule has 3 atom stereocenters. The van der Waals surface area contributed by atoms with Crippen LogP contribution in [0, 0.1) is 6.92 Å². The standard InChI is InChI=1S/C16H18N2O3/c1-9-3-4-11-10(7-9)8-18(16-14(11)21-16)12-5-6-13(19)17(2)15(12)20/h3-4,7,12,14,16H,5-6,8H2,1-2H3. The highest BCUT2D eigenvalue weighted by Gasteiger charge is 2.53. The van der Waals surface area contributed by atoms with E-state index in [0.717, 1.165) is 6.54 Å². The summed E-state index contributed by atoms with van der Waals surface area (Å²) in [7, 11) is 1.57. The molecule has 1 aromatic rings. The summed E-state index contributed by atoms with van der Waals surface area (Å²) in [6.07, 6.45) is 1.11. The topological polar surface area (TPSA) is 53.2 Å². The summed E-state index contributed by atoms with van der Waals surface area (Å²) in [5.74, 6) is -0.186. The minimum absolute atomic E-state index is 0.00393. The Kier molecular flexibility index (Phi) is 2.71. The Hall–Kier alpha value is -1.72. The third-order valence-electron chi connectivity index (χ3n) is 4.77. The van der Waals surface area contributed by atoms with Crippen LogP contribution in [0.4, 0.5) is 0 Å². The number of carbonyl (C=O) groups excluding carboxylic acids is 2. The van der Waals surface area contributed by atoms with E-state index in [1.165, 1.54) is 21.6 Å². The van der Waals surface area contributed by atoms with Gasteiger partial charge in [0.25, 0.3) is 0 Å². The van der Waals surface area contributed by atoms with E-state index in [-0.39, 0.29) is 30.2 Å². The second-order valence-corrected chi connectivity index (χ2v) is 6.17. The highest BCUT2D eigenvalue weighted by atomic mass is 16.6. The van der Waals surface area contributed by atoms with Crippen molar-refractivity contribution in [2.45, 2.75) is 44.7 Å². The fourth-order valence-corrected chi connectivity index (χ4v) is 3.51. The van der Waals surface area contributed by atoms with Crippen LogP contribution in [0.1, 0.15) is 35.6 Å². The molecule has 0 saturated carbocycles. The number of likely N-dealkylation sites (tertiary alicyclic amines) is 1. The second-order valence-electron chi connectivity index (χ2n) is 6.17. The highest BCUT2D eigenvalue weighted by Crippen LogP contribution is 2.48. The average Bonchev–Trinajstić information content (AvgIpc) is 3.24. The summed E-state index contributed by atoms with van der Waals surface area (Å²) in [5, 5.41) is 0. The molecule has 2 fully saturated rings. The van der Waals surface area contributed by atoms with Crippen molar-refractivity contribution in [3.05, 3.63) is 34.9 Å². The summed E-state index contributed by atoms with van der Waals surface area (Å²) in [6, 6.07) is 6.16. The third-order valence-corrected chi connectivity index (χ3v) is 4.77. The van der Waals surface area contributed by atoms with Crippen LogP contribution >= 0.6 is 0 Å². The van der Waals surface area contributed by atoms with E-state index in [2.05, 4.69) is 30.0 Å². The lowest BCUT2D eigenvalue weighted by Crippen LogP contribution is -2.54. The molecule has 0 aliphatic carbocycles.